The zero-order valence-electron chi connectivity index (χ0n) is 12.1. The lowest BCUT2D eigenvalue weighted by atomic mass is 10.4. The zero-order chi connectivity index (χ0) is 16.0. The average molecular weight is 305 g/mol. The molecule has 0 radical (unpaired) electrons. The highest BCUT2D eigenvalue weighted by atomic mass is 19.4. The fourth-order valence-corrected chi connectivity index (χ4v) is 1.48. The number of alkyl halides is 3. The van der Waals surface area contributed by atoms with Crippen LogP contribution < -0.4 is 15.5 Å². The Hall–Kier alpha value is -2.06. The fraction of sp³-hybridized carbons (Fsp3) is 0.583. The number of nitrogens with zero attached hydrogens (tertiary/aromatic N) is 3. The maximum absolute atomic E-state index is 11.9. The third kappa shape index (κ3) is 6.77. The van der Waals surface area contributed by atoms with Gasteiger partial charge in [0.05, 0.1) is 0 Å². The third-order valence-electron chi connectivity index (χ3n) is 2.39. The van der Waals surface area contributed by atoms with E-state index in [1.165, 1.54) is 0 Å². The number of carbonyl (C=O) groups excluding carboxylic acids is 1. The molecule has 2 N–H and O–H groups in total. The van der Waals surface area contributed by atoms with Gasteiger partial charge >= 0.3 is 6.18 Å². The van der Waals surface area contributed by atoms with Crippen molar-refractivity contribution in [2.45, 2.75) is 19.5 Å². The molecule has 0 saturated carbocycles. The summed E-state index contributed by atoms with van der Waals surface area (Å²) in [6.07, 6.45) is -5.96. The monoisotopic (exact) mass is 305 g/mol. The Morgan fingerprint density at radius 1 is 1.29 bits per heavy atom. The Labute approximate surface area is 120 Å². The van der Waals surface area contributed by atoms with E-state index < -0.39 is 18.5 Å². The standard InChI is InChI=1S/C12H18F3N5O/c1-8-6-9(20(2)3)19-11(18-8)17-5-4-16-10(21)7-12(13,14)15/h6H,4-5,7H2,1-3H3,(H,16,21)(H,17,18,19). The van der Waals surface area contributed by atoms with Crippen molar-refractivity contribution < 1.29 is 18.0 Å². The van der Waals surface area contributed by atoms with Gasteiger partial charge in [0.1, 0.15) is 12.2 Å². The first kappa shape index (κ1) is 17.0. The maximum Gasteiger partial charge on any atom is 0.397 e. The van der Waals surface area contributed by atoms with Gasteiger partial charge in [0.15, 0.2) is 0 Å². The van der Waals surface area contributed by atoms with Crippen LogP contribution in [0.15, 0.2) is 6.07 Å². The number of carbonyl (C=O) groups is 1. The summed E-state index contributed by atoms with van der Waals surface area (Å²) in [5.41, 5.74) is 0.761. The van der Waals surface area contributed by atoms with Gasteiger partial charge in [-0.2, -0.15) is 18.2 Å². The van der Waals surface area contributed by atoms with E-state index in [1.54, 1.807) is 6.07 Å². The maximum atomic E-state index is 11.9. The average Bonchev–Trinajstić information content (AvgIpc) is 2.31. The number of hydrogen-bond donors (Lipinski definition) is 2. The van der Waals surface area contributed by atoms with Crippen LogP contribution in [0.1, 0.15) is 12.1 Å². The van der Waals surface area contributed by atoms with Crippen LogP contribution in [0.3, 0.4) is 0 Å². The number of amides is 1. The highest BCUT2D eigenvalue weighted by Gasteiger charge is 2.30. The minimum atomic E-state index is -4.49. The Kier molecular flexibility index (Phi) is 5.74. The minimum absolute atomic E-state index is 0.0590. The number of halogens is 3. The Balaban J connectivity index is 2.41. The second kappa shape index (κ2) is 7.09. The molecule has 6 nitrogen and oxygen atoms in total. The van der Waals surface area contributed by atoms with Crippen molar-refractivity contribution in [1.82, 2.24) is 15.3 Å². The quantitative estimate of drug-likeness (QED) is 0.776. The number of anilines is 2. The lowest BCUT2D eigenvalue weighted by molar-refractivity contribution is -0.153. The van der Waals surface area contributed by atoms with E-state index in [9.17, 15) is 18.0 Å². The van der Waals surface area contributed by atoms with Crippen LogP contribution in [0.2, 0.25) is 0 Å². The largest absolute Gasteiger partial charge is 0.397 e. The molecular weight excluding hydrogens is 287 g/mol. The van der Waals surface area contributed by atoms with Crippen molar-refractivity contribution in [2.24, 2.45) is 0 Å². The Bertz CT molecular complexity index is 490. The first-order chi connectivity index (χ1) is 9.67. The van der Waals surface area contributed by atoms with E-state index in [1.807, 2.05) is 25.9 Å². The number of hydrogen-bond acceptors (Lipinski definition) is 5. The molecule has 0 aliphatic carbocycles. The normalized spacial score (nSPS) is 11.1. The van der Waals surface area contributed by atoms with Gasteiger partial charge < -0.3 is 15.5 Å². The Morgan fingerprint density at radius 2 is 1.95 bits per heavy atom. The van der Waals surface area contributed by atoms with Gasteiger partial charge in [-0.15, -0.1) is 0 Å². The molecule has 0 bridgehead atoms. The predicted molar refractivity (Wildman–Crippen MR) is 73.3 cm³/mol. The predicted octanol–water partition coefficient (Wildman–Crippen LogP) is 1.33. The highest BCUT2D eigenvalue weighted by Crippen LogP contribution is 2.18. The molecule has 1 aromatic heterocycles. The van der Waals surface area contributed by atoms with E-state index in [0.29, 0.717) is 11.8 Å². The van der Waals surface area contributed by atoms with Crippen LogP contribution in [0.4, 0.5) is 24.9 Å². The fourth-order valence-electron chi connectivity index (χ4n) is 1.48. The Morgan fingerprint density at radius 3 is 2.52 bits per heavy atom. The summed E-state index contributed by atoms with van der Waals surface area (Å²) >= 11 is 0. The molecule has 1 aromatic rings. The smallest absolute Gasteiger partial charge is 0.363 e. The molecule has 0 spiro atoms. The van der Waals surface area contributed by atoms with Crippen molar-refractivity contribution in [2.75, 3.05) is 37.4 Å². The summed E-state index contributed by atoms with van der Waals surface area (Å²) in [6.45, 7) is 2.11. The summed E-state index contributed by atoms with van der Waals surface area (Å²) < 4.78 is 35.8. The molecule has 0 atom stereocenters. The van der Waals surface area contributed by atoms with E-state index >= 15 is 0 Å². The van der Waals surface area contributed by atoms with Crippen molar-refractivity contribution in [3.63, 3.8) is 0 Å². The second-order valence-corrected chi connectivity index (χ2v) is 4.65. The van der Waals surface area contributed by atoms with Gasteiger partial charge in [-0.1, -0.05) is 0 Å². The van der Waals surface area contributed by atoms with E-state index in [4.69, 9.17) is 0 Å². The molecule has 0 fully saturated rings. The first-order valence-electron chi connectivity index (χ1n) is 6.28. The van der Waals surface area contributed by atoms with Crippen LogP contribution in [-0.2, 0) is 4.79 Å². The van der Waals surface area contributed by atoms with Crippen molar-refractivity contribution >= 4 is 17.7 Å². The molecule has 0 unspecified atom stereocenters. The van der Waals surface area contributed by atoms with Crippen molar-refractivity contribution in [3.8, 4) is 0 Å². The lowest BCUT2D eigenvalue weighted by Crippen LogP contribution is -2.32. The molecule has 0 aromatic carbocycles. The minimum Gasteiger partial charge on any atom is -0.363 e. The van der Waals surface area contributed by atoms with Gasteiger partial charge in [-0.3, -0.25) is 4.79 Å². The number of aryl methyl sites for hydroxylation is 1. The van der Waals surface area contributed by atoms with Gasteiger partial charge in [0.2, 0.25) is 11.9 Å². The summed E-state index contributed by atoms with van der Waals surface area (Å²) in [5.74, 6) is 0.0262. The van der Waals surface area contributed by atoms with Crippen LogP contribution in [0.25, 0.3) is 0 Å². The second-order valence-electron chi connectivity index (χ2n) is 4.65. The van der Waals surface area contributed by atoms with E-state index in [0.717, 1.165) is 5.69 Å². The third-order valence-corrected chi connectivity index (χ3v) is 2.39. The number of rotatable bonds is 6. The molecule has 1 amide bonds. The van der Waals surface area contributed by atoms with Crippen LogP contribution >= 0.6 is 0 Å². The van der Waals surface area contributed by atoms with Gasteiger partial charge in [-0.05, 0) is 6.92 Å². The van der Waals surface area contributed by atoms with Gasteiger partial charge in [-0.25, -0.2) is 4.98 Å². The molecular formula is C12H18F3N5O. The summed E-state index contributed by atoms with van der Waals surface area (Å²) in [6, 6.07) is 1.80. The zero-order valence-corrected chi connectivity index (χ0v) is 12.1. The molecule has 9 heteroatoms. The molecule has 21 heavy (non-hydrogen) atoms. The van der Waals surface area contributed by atoms with Crippen molar-refractivity contribution in [3.05, 3.63) is 11.8 Å². The van der Waals surface area contributed by atoms with Crippen LogP contribution in [-0.4, -0.2) is 49.2 Å². The van der Waals surface area contributed by atoms with E-state index in [2.05, 4.69) is 20.6 Å². The number of aromatic nitrogens is 2. The molecule has 118 valence electrons. The summed E-state index contributed by atoms with van der Waals surface area (Å²) in [5, 5.41) is 5.03. The highest BCUT2D eigenvalue weighted by molar-refractivity contribution is 5.76. The lowest BCUT2D eigenvalue weighted by Gasteiger charge is -2.14. The molecule has 0 aliphatic rings. The molecule has 0 saturated heterocycles. The van der Waals surface area contributed by atoms with Crippen molar-refractivity contribution in [1.29, 1.82) is 0 Å². The molecule has 0 aliphatic heterocycles. The van der Waals surface area contributed by atoms with Gasteiger partial charge in [0, 0.05) is 38.9 Å². The van der Waals surface area contributed by atoms with Crippen LogP contribution in [0, 0.1) is 6.92 Å². The SMILES string of the molecule is Cc1cc(N(C)C)nc(NCCNC(=O)CC(F)(F)F)n1. The van der Waals surface area contributed by atoms with Gasteiger partial charge in [0.25, 0.3) is 0 Å². The topological polar surface area (TPSA) is 70.2 Å². The van der Waals surface area contributed by atoms with E-state index in [-0.39, 0.29) is 13.1 Å². The molecule has 1 heterocycles. The molecule has 1 rings (SSSR count). The summed E-state index contributed by atoms with van der Waals surface area (Å²) in [4.78, 5) is 21.2. The summed E-state index contributed by atoms with van der Waals surface area (Å²) in [7, 11) is 3.67. The number of nitrogens with one attached hydrogen (secondary N) is 2. The van der Waals surface area contributed by atoms with Crippen LogP contribution in [0.5, 0.6) is 0 Å². The first-order valence-corrected chi connectivity index (χ1v) is 6.28.